The van der Waals surface area contributed by atoms with E-state index in [1.165, 1.54) is 16.7 Å². The van der Waals surface area contributed by atoms with Crippen molar-refractivity contribution in [2.24, 2.45) is 0 Å². The second-order valence-electron chi connectivity index (χ2n) is 7.48. The molecular weight excluding hydrogens is 326 g/mol. The zero-order valence-corrected chi connectivity index (χ0v) is 15.9. The van der Waals surface area contributed by atoms with E-state index in [-0.39, 0.29) is 5.60 Å². The summed E-state index contributed by atoms with van der Waals surface area (Å²) in [5.41, 5.74) is 4.69. The Morgan fingerprint density at radius 2 is 2.04 bits per heavy atom. The van der Waals surface area contributed by atoms with Gasteiger partial charge in [0.1, 0.15) is 17.2 Å². The number of piperidine rings is 1. The molecule has 2 aliphatic heterocycles. The Labute approximate surface area is 155 Å². The molecule has 0 N–H and O–H groups in total. The average Bonchev–Trinajstić information content (AvgIpc) is 2.65. The van der Waals surface area contributed by atoms with E-state index in [9.17, 15) is 0 Å². The molecule has 2 aromatic rings. The Morgan fingerprint density at radius 3 is 2.81 bits per heavy atom. The molecule has 1 spiro atoms. The van der Waals surface area contributed by atoms with Crippen LogP contribution < -0.4 is 4.74 Å². The van der Waals surface area contributed by atoms with Gasteiger partial charge in [0.2, 0.25) is 0 Å². The smallest absolute Gasteiger partial charge is 0.125 e. The van der Waals surface area contributed by atoms with Crippen molar-refractivity contribution in [3.63, 3.8) is 0 Å². The highest BCUT2D eigenvalue weighted by molar-refractivity contribution is 5.37. The molecule has 0 atom stereocenters. The lowest BCUT2D eigenvalue weighted by Crippen LogP contribution is -2.47. The Bertz CT molecular complexity index is 798. The van der Waals surface area contributed by atoms with Crippen LogP contribution in [0.4, 0.5) is 0 Å². The van der Waals surface area contributed by atoms with Crippen LogP contribution in [0.15, 0.2) is 24.4 Å². The number of methoxy groups -OCH3 is 1. The average molecular weight is 353 g/mol. The molecule has 0 bridgehead atoms. The van der Waals surface area contributed by atoms with Crippen molar-refractivity contribution in [3.05, 3.63) is 52.6 Å². The summed E-state index contributed by atoms with van der Waals surface area (Å²) in [4.78, 5) is 11.6. The molecule has 0 saturated carbocycles. The highest BCUT2D eigenvalue weighted by Crippen LogP contribution is 2.40. The highest BCUT2D eigenvalue weighted by Gasteiger charge is 2.42. The molecular formula is C21H27N3O2. The molecule has 0 radical (unpaired) electrons. The Kier molecular flexibility index (Phi) is 4.67. The predicted octanol–water partition coefficient (Wildman–Crippen LogP) is 3.17. The molecule has 0 unspecified atom stereocenters. The predicted molar refractivity (Wildman–Crippen MR) is 100 cm³/mol. The first-order valence-electron chi connectivity index (χ1n) is 9.42. The van der Waals surface area contributed by atoms with Gasteiger partial charge in [0.05, 0.1) is 19.4 Å². The Hall–Kier alpha value is -1.98. The summed E-state index contributed by atoms with van der Waals surface area (Å²) in [5, 5.41) is 0. The summed E-state index contributed by atoms with van der Waals surface area (Å²) >= 11 is 0. The van der Waals surface area contributed by atoms with E-state index < -0.39 is 0 Å². The largest absolute Gasteiger partial charge is 0.496 e. The quantitative estimate of drug-likeness (QED) is 0.848. The fraction of sp³-hybridized carbons (Fsp3) is 0.524. The highest BCUT2D eigenvalue weighted by atomic mass is 16.5. The zero-order chi connectivity index (χ0) is 18.1. The summed E-state index contributed by atoms with van der Waals surface area (Å²) in [5.74, 6) is 1.80. The maximum atomic E-state index is 6.31. The lowest BCUT2D eigenvalue weighted by Gasteiger charge is -2.44. The second-order valence-corrected chi connectivity index (χ2v) is 7.48. The normalized spacial score (nSPS) is 19.3. The van der Waals surface area contributed by atoms with E-state index in [1.807, 2.05) is 13.1 Å². The minimum atomic E-state index is -0.228. The molecule has 3 heterocycles. The lowest BCUT2D eigenvalue weighted by atomic mass is 9.83. The van der Waals surface area contributed by atoms with Gasteiger partial charge in [-0.15, -0.1) is 0 Å². The van der Waals surface area contributed by atoms with Crippen LogP contribution in [0, 0.1) is 13.8 Å². The third-order valence-electron chi connectivity index (χ3n) is 5.66. The van der Waals surface area contributed by atoms with Gasteiger partial charge in [0.15, 0.2) is 0 Å². The maximum absolute atomic E-state index is 6.31. The Balaban J connectivity index is 1.50. The SMILES string of the molecule is COc1ccc(C)cc1CN1CCC2(CC1)OCCc1cnc(C)nc12. The van der Waals surface area contributed by atoms with Crippen LogP contribution in [0.2, 0.25) is 0 Å². The number of benzene rings is 1. The number of ether oxygens (including phenoxy) is 2. The van der Waals surface area contributed by atoms with Crippen LogP contribution in [-0.2, 0) is 23.3 Å². The van der Waals surface area contributed by atoms with E-state index in [0.29, 0.717) is 0 Å². The summed E-state index contributed by atoms with van der Waals surface area (Å²) < 4.78 is 11.9. The molecule has 2 aliphatic rings. The summed E-state index contributed by atoms with van der Waals surface area (Å²) in [6.07, 6.45) is 4.86. The van der Waals surface area contributed by atoms with E-state index in [1.54, 1.807) is 7.11 Å². The molecule has 5 nitrogen and oxygen atoms in total. The van der Waals surface area contributed by atoms with Crippen molar-refractivity contribution >= 4 is 0 Å². The topological polar surface area (TPSA) is 47.5 Å². The van der Waals surface area contributed by atoms with Gasteiger partial charge in [-0.2, -0.15) is 0 Å². The van der Waals surface area contributed by atoms with Crippen LogP contribution in [0.1, 0.15) is 41.1 Å². The molecule has 26 heavy (non-hydrogen) atoms. The van der Waals surface area contributed by atoms with Crippen LogP contribution >= 0.6 is 0 Å². The van der Waals surface area contributed by atoms with Gasteiger partial charge in [-0.05, 0) is 44.7 Å². The fourth-order valence-corrected chi connectivity index (χ4v) is 4.22. The monoisotopic (exact) mass is 353 g/mol. The summed E-state index contributed by atoms with van der Waals surface area (Å²) in [7, 11) is 1.74. The van der Waals surface area contributed by atoms with Crippen LogP contribution in [0.25, 0.3) is 0 Å². The molecule has 1 saturated heterocycles. The van der Waals surface area contributed by atoms with Crippen molar-refractivity contribution in [1.82, 2.24) is 14.9 Å². The number of likely N-dealkylation sites (tertiary alicyclic amines) is 1. The van der Waals surface area contributed by atoms with Gasteiger partial charge in [-0.1, -0.05) is 17.7 Å². The minimum Gasteiger partial charge on any atom is -0.496 e. The summed E-state index contributed by atoms with van der Waals surface area (Å²) in [6.45, 7) is 7.77. The van der Waals surface area contributed by atoms with Crippen LogP contribution in [0.3, 0.4) is 0 Å². The molecule has 4 rings (SSSR count). The number of hydrogen-bond donors (Lipinski definition) is 0. The lowest BCUT2D eigenvalue weighted by molar-refractivity contribution is -0.102. The molecule has 1 aromatic carbocycles. The van der Waals surface area contributed by atoms with Crippen molar-refractivity contribution < 1.29 is 9.47 Å². The van der Waals surface area contributed by atoms with Crippen molar-refractivity contribution in [2.75, 3.05) is 26.8 Å². The number of hydrogen-bond acceptors (Lipinski definition) is 5. The molecule has 138 valence electrons. The fourth-order valence-electron chi connectivity index (χ4n) is 4.22. The maximum Gasteiger partial charge on any atom is 0.125 e. The van der Waals surface area contributed by atoms with Gasteiger partial charge < -0.3 is 9.47 Å². The number of aryl methyl sites for hydroxylation is 2. The molecule has 1 aromatic heterocycles. The molecule has 0 aliphatic carbocycles. The van der Waals surface area contributed by atoms with Crippen LogP contribution in [0.5, 0.6) is 5.75 Å². The number of aromatic nitrogens is 2. The second kappa shape index (κ2) is 6.97. The van der Waals surface area contributed by atoms with Crippen molar-refractivity contribution in [2.45, 2.75) is 45.3 Å². The van der Waals surface area contributed by atoms with Gasteiger partial charge >= 0.3 is 0 Å². The molecule has 5 heteroatoms. The first kappa shape index (κ1) is 17.4. The summed E-state index contributed by atoms with van der Waals surface area (Å²) in [6, 6.07) is 6.39. The van der Waals surface area contributed by atoms with Gasteiger partial charge in [-0.25, -0.2) is 9.97 Å². The van der Waals surface area contributed by atoms with Crippen LogP contribution in [-0.4, -0.2) is 41.7 Å². The minimum absolute atomic E-state index is 0.228. The van der Waals surface area contributed by atoms with E-state index in [0.717, 1.165) is 62.8 Å². The van der Waals surface area contributed by atoms with E-state index >= 15 is 0 Å². The van der Waals surface area contributed by atoms with E-state index in [4.69, 9.17) is 14.5 Å². The third kappa shape index (κ3) is 3.21. The van der Waals surface area contributed by atoms with Crippen molar-refractivity contribution in [1.29, 1.82) is 0 Å². The van der Waals surface area contributed by atoms with E-state index in [2.05, 4.69) is 35.0 Å². The molecule has 0 amide bonds. The first-order chi connectivity index (χ1) is 12.6. The third-order valence-corrected chi connectivity index (χ3v) is 5.66. The van der Waals surface area contributed by atoms with Gasteiger partial charge in [0, 0.05) is 31.4 Å². The van der Waals surface area contributed by atoms with Gasteiger partial charge in [-0.3, -0.25) is 4.90 Å². The zero-order valence-electron chi connectivity index (χ0n) is 15.9. The number of nitrogens with zero attached hydrogens (tertiary/aromatic N) is 3. The van der Waals surface area contributed by atoms with Gasteiger partial charge in [0.25, 0.3) is 0 Å². The number of fused-ring (bicyclic) bond motifs is 2. The number of rotatable bonds is 3. The molecule has 1 fully saturated rings. The first-order valence-corrected chi connectivity index (χ1v) is 9.42. The van der Waals surface area contributed by atoms with Crippen molar-refractivity contribution in [3.8, 4) is 5.75 Å². The Morgan fingerprint density at radius 1 is 1.23 bits per heavy atom. The standard InChI is InChI=1S/C21H27N3O2/c1-15-4-5-19(25-3)18(12-15)14-24-9-7-21(8-10-24)20-17(6-11-26-21)13-22-16(2)23-20/h4-5,12-13H,6-11,14H2,1-3H3.